The fourth-order valence-corrected chi connectivity index (χ4v) is 1.74. The van der Waals surface area contributed by atoms with Crippen LogP contribution in [0.2, 0.25) is 0 Å². The third-order valence-electron chi connectivity index (χ3n) is 2.67. The fraction of sp³-hybridized carbons (Fsp3) is 0.500. The maximum Gasteiger partial charge on any atom is 0.317 e. The molecule has 0 saturated carbocycles. The van der Waals surface area contributed by atoms with Gasteiger partial charge in [0.15, 0.2) is 5.78 Å². The Morgan fingerprint density at radius 1 is 1.26 bits per heavy atom. The van der Waals surface area contributed by atoms with Gasteiger partial charge in [0.25, 0.3) is 11.8 Å². The van der Waals surface area contributed by atoms with Crippen molar-refractivity contribution in [1.29, 1.82) is 0 Å². The number of imide groups is 1. The van der Waals surface area contributed by atoms with E-state index in [4.69, 9.17) is 5.11 Å². The molecule has 1 aliphatic rings. The lowest BCUT2D eigenvalue weighted by molar-refractivity contribution is -0.145. The number of carbonyl (C=O) groups excluding carboxylic acids is 3. The minimum Gasteiger partial charge on any atom is -0.480 e. The lowest BCUT2D eigenvalue weighted by Gasteiger charge is -2.26. The number of nitrogens with zero attached hydrogens (tertiary/aromatic N) is 1. The largest absolute Gasteiger partial charge is 0.480 e. The van der Waals surface area contributed by atoms with Crippen molar-refractivity contribution in [2.24, 2.45) is 5.92 Å². The number of rotatable bonds is 7. The molecule has 0 aromatic rings. The number of nitrogens with one attached hydrogen (secondary N) is 1. The average Bonchev–Trinajstić information content (AvgIpc) is 2.64. The Morgan fingerprint density at radius 3 is 2.21 bits per heavy atom. The number of aliphatic carboxylic acids is 1. The molecule has 1 atom stereocenters. The van der Waals surface area contributed by atoms with Crippen molar-refractivity contribution in [2.45, 2.75) is 19.9 Å². The molecule has 0 bridgehead atoms. The number of ketones is 1. The molecule has 0 saturated heterocycles. The van der Waals surface area contributed by atoms with Crippen molar-refractivity contribution in [3.05, 3.63) is 12.2 Å². The van der Waals surface area contributed by atoms with Gasteiger partial charge in [0, 0.05) is 24.6 Å². The van der Waals surface area contributed by atoms with Crippen molar-refractivity contribution in [1.82, 2.24) is 10.2 Å². The van der Waals surface area contributed by atoms with Crippen molar-refractivity contribution in [2.75, 3.05) is 13.1 Å². The topological polar surface area (TPSA) is 104 Å². The molecule has 1 unspecified atom stereocenters. The van der Waals surface area contributed by atoms with Gasteiger partial charge in [-0.05, 0) is 0 Å². The Bertz CT molecular complexity index is 423. The maximum atomic E-state index is 12.0. The Kier molecular flexibility index (Phi) is 4.94. The maximum absolute atomic E-state index is 12.0. The van der Waals surface area contributed by atoms with Crippen LogP contribution in [-0.4, -0.2) is 52.7 Å². The van der Waals surface area contributed by atoms with Crippen LogP contribution in [0.25, 0.3) is 0 Å². The second-order valence-electron chi connectivity index (χ2n) is 4.48. The zero-order valence-electron chi connectivity index (χ0n) is 10.8. The van der Waals surface area contributed by atoms with Crippen LogP contribution in [0.15, 0.2) is 12.2 Å². The van der Waals surface area contributed by atoms with E-state index in [1.807, 2.05) is 0 Å². The van der Waals surface area contributed by atoms with E-state index in [1.54, 1.807) is 13.8 Å². The van der Waals surface area contributed by atoms with Crippen LogP contribution < -0.4 is 5.32 Å². The van der Waals surface area contributed by atoms with Crippen molar-refractivity contribution in [3.63, 3.8) is 0 Å². The molecule has 104 valence electrons. The highest BCUT2D eigenvalue weighted by molar-refractivity contribution is 6.15. The number of Topliss-reactive ketones (excluding diaryl/α,β-unsaturated/α-hetero) is 1. The Hall–Kier alpha value is -2.02. The summed E-state index contributed by atoms with van der Waals surface area (Å²) in [5, 5.41) is 11.1. The normalized spacial score (nSPS) is 16.3. The summed E-state index contributed by atoms with van der Waals surface area (Å²) in [6.45, 7) is 2.91. The summed E-state index contributed by atoms with van der Waals surface area (Å²) >= 11 is 0. The van der Waals surface area contributed by atoms with Crippen LogP contribution in [0.4, 0.5) is 0 Å². The van der Waals surface area contributed by atoms with Gasteiger partial charge in [-0.3, -0.25) is 24.1 Å². The molecule has 0 radical (unpaired) electrons. The van der Waals surface area contributed by atoms with Gasteiger partial charge in [0.05, 0.1) is 6.54 Å². The summed E-state index contributed by atoms with van der Waals surface area (Å²) in [7, 11) is 0. The molecule has 2 N–H and O–H groups in total. The van der Waals surface area contributed by atoms with E-state index in [9.17, 15) is 19.2 Å². The zero-order valence-corrected chi connectivity index (χ0v) is 10.8. The van der Waals surface area contributed by atoms with Gasteiger partial charge in [-0.1, -0.05) is 13.8 Å². The minimum atomic E-state index is -1.08. The Labute approximate surface area is 110 Å². The Balaban J connectivity index is 2.80. The van der Waals surface area contributed by atoms with Gasteiger partial charge in [-0.25, -0.2) is 0 Å². The third-order valence-corrected chi connectivity index (χ3v) is 2.67. The monoisotopic (exact) mass is 268 g/mol. The molecule has 1 aliphatic heterocycles. The number of carboxylic acid groups (broad SMARTS) is 1. The second-order valence-corrected chi connectivity index (χ2v) is 4.48. The second kappa shape index (κ2) is 6.24. The number of carboxylic acids is 1. The molecule has 19 heavy (non-hydrogen) atoms. The summed E-state index contributed by atoms with van der Waals surface area (Å²) in [6, 6.07) is -0.977. The molecule has 0 aliphatic carbocycles. The number of hydrogen-bond donors (Lipinski definition) is 2. The summed E-state index contributed by atoms with van der Waals surface area (Å²) in [5.74, 6) is -2.84. The third kappa shape index (κ3) is 3.72. The van der Waals surface area contributed by atoms with Crippen molar-refractivity contribution in [3.8, 4) is 0 Å². The standard InChI is InChI=1S/C12H16N2O5/c1-7(2)12(19)8(5-13-6-11(17)18)14-9(15)3-4-10(14)16/h3-4,7-8,13H,5-6H2,1-2H3,(H,17,18). The SMILES string of the molecule is CC(C)C(=O)C(CNCC(=O)O)N1C(=O)C=CC1=O. The van der Waals surface area contributed by atoms with Crippen LogP contribution in [-0.2, 0) is 19.2 Å². The van der Waals surface area contributed by atoms with E-state index in [2.05, 4.69) is 5.32 Å². The fourth-order valence-electron chi connectivity index (χ4n) is 1.74. The smallest absolute Gasteiger partial charge is 0.317 e. The van der Waals surface area contributed by atoms with Crippen LogP contribution in [0.5, 0.6) is 0 Å². The highest BCUT2D eigenvalue weighted by atomic mass is 16.4. The van der Waals surface area contributed by atoms with Crippen LogP contribution in [0, 0.1) is 5.92 Å². The first kappa shape index (κ1) is 15.0. The summed E-state index contributed by atoms with van der Waals surface area (Å²) < 4.78 is 0. The van der Waals surface area contributed by atoms with Crippen LogP contribution in [0.3, 0.4) is 0 Å². The van der Waals surface area contributed by atoms with E-state index in [1.165, 1.54) is 0 Å². The number of hydrogen-bond acceptors (Lipinski definition) is 5. The number of carbonyl (C=O) groups is 4. The first-order valence-electron chi connectivity index (χ1n) is 5.86. The molecule has 1 heterocycles. The lowest BCUT2D eigenvalue weighted by Crippen LogP contribution is -2.52. The van der Waals surface area contributed by atoms with Crippen molar-refractivity contribution < 1.29 is 24.3 Å². The molecule has 7 nitrogen and oxygen atoms in total. The molecule has 0 aromatic carbocycles. The first-order chi connectivity index (χ1) is 8.84. The predicted molar refractivity (Wildman–Crippen MR) is 65.1 cm³/mol. The van der Waals surface area contributed by atoms with E-state index < -0.39 is 23.8 Å². The van der Waals surface area contributed by atoms with Gasteiger partial charge in [-0.2, -0.15) is 0 Å². The molecule has 0 spiro atoms. The zero-order chi connectivity index (χ0) is 14.6. The summed E-state index contributed by atoms with van der Waals surface area (Å²) in [4.78, 5) is 46.5. The highest BCUT2D eigenvalue weighted by Gasteiger charge is 2.36. The van der Waals surface area contributed by atoms with E-state index in [-0.39, 0.29) is 24.8 Å². The van der Waals surface area contributed by atoms with Crippen LogP contribution >= 0.6 is 0 Å². The summed E-state index contributed by atoms with van der Waals surface area (Å²) in [6.07, 6.45) is 2.19. The summed E-state index contributed by atoms with van der Waals surface area (Å²) in [5.41, 5.74) is 0. The van der Waals surface area contributed by atoms with Gasteiger partial charge in [0.2, 0.25) is 0 Å². The van der Waals surface area contributed by atoms with E-state index in [0.717, 1.165) is 17.1 Å². The highest BCUT2D eigenvalue weighted by Crippen LogP contribution is 2.13. The predicted octanol–water partition coefficient (Wildman–Crippen LogP) is -0.821. The quantitative estimate of drug-likeness (QED) is 0.585. The van der Waals surface area contributed by atoms with Gasteiger partial charge >= 0.3 is 5.97 Å². The minimum absolute atomic E-state index is 0.0670. The van der Waals surface area contributed by atoms with Crippen LogP contribution in [0.1, 0.15) is 13.8 Å². The van der Waals surface area contributed by atoms with E-state index in [0.29, 0.717) is 0 Å². The molecule has 1 rings (SSSR count). The van der Waals surface area contributed by atoms with E-state index >= 15 is 0 Å². The van der Waals surface area contributed by atoms with Gasteiger partial charge in [-0.15, -0.1) is 0 Å². The molecule has 7 heteroatoms. The lowest BCUT2D eigenvalue weighted by atomic mass is 10.0. The molecular weight excluding hydrogens is 252 g/mol. The van der Waals surface area contributed by atoms with Crippen molar-refractivity contribution >= 4 is 23.6 Å². The average molecular weight is 268 g/mol. The number of amides is 2. The van der Waals surface area contributed by atoms with Gasteiger partial charge in [0.1, 0.15) is 6.04 Å². The molecule has 0 fully saturated rings. The molecular formula is C12H16N2O5. The first-order valence-corrected chi connectivity index (χ1v) is 5.86. The Morgan fingerprint density at radius 2 is 1.79 bits per heavy atom. The molecule has 0 aromatic heterocycles. The molecule has 2 amide bonds. The van der Waals surface area contributed by atoms with Gasteiger partial charge < -0.3 is 10.4 Å².